The number of likely N-dealkylation sites (N-methyl/N-ethyl adjacent to an activating group) is 2. The molecule has 0 atom stereocenters. The lowest BCUT2D eigenvalue weighted by atomic mass is 9.91. The molecule has 1 aliphatic rings. The van der Waals surface area contributed by atoms with Crippen molar-refractivity contribution >= 4 is 30.8 Å². The van der Waals surface area contributed by atoms with Crippen LogP contribution < -0.4 is 0 Å². The molecule has 33 heavy (non-hydrogen) atoms. The van der Waals surface area contributed by atoms with Crippen LogP contribution in [0, 0.1) is 0 Å². The first-order valence-corrected chi connectivity index (χ1v) is 11.6. The van der Waals surface area contributed by atoms with E-state index in [-0.39, 0.29) is 30.8 Å². The van der Waals surface area contributed by atoms with Gasteiger partial charge >= 0.3 is 5.97 Å². The Balaban J connectivity index is 0.00000272. The van der Waals surface area contributed by atoms with Gasteiger partial charge in [0.2, 0.25) is 5.60 Å². The van der Waals surface area contributed by atoms with Gasteiger partial charge in [-0.05, 0) is 37.3 Å². The number of nitrogens with zero attached hydrogens (tertiary/aromatic N) is 2. The first kappa shape index (κ1) is 29.4. The first-order valence-electron chi connectivity index (χ1n) is 11.6. The Labute approximate surface area is 211 Å². The third-order valence-corrected chi connectivity index (χ3v) is 6.35. The molecule has 0 spiro atoms. The van der Waals surface area contributed by atoms with Crippen molar-refractivity contribution in [1.82, 2.24) is 9.80 Å². The van der Waals surface area contributed by atoms with Crippen LogP contribution in [-0.2, 0) is 19.9 Å². The maximum atomic E-state index is 13.7. The number of benzene rings is 2. The Morgan fingerprint density at radius 3 is 1.61 bits per heavy atom. The Kier molecular flexibility index (Phi) is 12.4. The fourth-order valence-electron chi connectivity index (χ4n) is 4.41. The molecule has 0 heterocycles. The van der Waals surface area contributed by atoms with Gasteiger partial charge in [0, 0.05) is 24.2 Å². The molecule has 0 saturated carbocycles. The number of hydrogen-bond donors (Lipinski definition) is 0. The SMILES string of the molecule is CCN(CC)CCOC(=O)C1(OCCN(CC)CC)c2ccccc2-c2ccccc21.Cl.Cl. The van der Waals surface area contributed by atoms with Gasteiger partial charge in [0.25, 0.3) is 0 Å². The predicted octanol–water partition coefficient (Wildman–Crippen LogP) is 5.00. The van der Waals surface area contributed by atoms with Crippen molar-refractivity contribution < 1.29 is 14.3 Å². The molecule has 0 radical (unpaired) electrons. The lowest BCUT2D eigenvalue weighted by Crippen LogP contribution is -2.42. The molecule has 2 aromatic rings. The van der Waals surface area contributed by atoms with Crippen molar-refractivity contribution in [3.63, 3.8) is 0 Å². The molecular weight excluding hydrogens is 459 g/mol. The normalized spacial score (nSPS) is 13.2. The Bertz CT molecular complexity index is 825. The zero-order chi connectivity index (χ0) is 22.3. The number of carbonyl (C=O) groups is 1. The maximum absolute atomic E-state index is 13.7. The molecule has 1 aliphatic carbocycles. The van der Waals surface area contributed by atoms with Crippen molar-refractivity contribution in [1.29, 1.82) is 0 Å². The molecule has 0 fully saturated rings. The van der Waals surface area contributed by atoms with Gasteiger partial charge in [0.15, 0.2) is 0 Å². The molecule has 0 aromatic heterocycles. The largest absolute Gasteiger partial charge is 0.462 e. The summed E-state index contributed by atoms with van der Waals surface area (Å²) in [6.45, 7) is 14.6. The summed E-state index contributed by atoms with van der Waals surface area (Å²) in [4.78, 5) is 18.2. The maximum Gasteiger partial charge on any atom is 0.347 e. The number of rotatable bonds is 12. The van der Waals surface area contributed by atoms with E-state index in [0.29, 0.717) is 13.2 Å². The lowest BCUT2D eigenvalue weighted by molar-refractivity contribution is -0.169. The smallest absolute Gasteiger partial charge is 0.347 e. The number of ether oxygens (including phenoxy) is 2. The zero-order valence-electron chi connectivity index (χ0n) is 20.2. The van der Waals surface area contributed by atoms with E-state index in [2.05, 4.69) is 49.6 Å². The number of carbonyl (C=O) groups excluding carboxylic acids is 1. The summed E-state index contributed by atoms with van der Waals surface area (Å²) < 4.78 is 12.4. The molecule has 2 aromatic carbocycles. The molecule has 0 bridgehead atoms. The average molecular weight is 498 g/mol. The second-order valence-electron chi connectivity index (χ2n) is 7.81. The first-order chi connectivity index (χ1) is 15.1. The van der Waals surface area contributed by atoms with E-state index in [9.17, 15) is 4.79 Å². The minimum absolute atomic E-state index is 0. The summed E-state index contributed by atoms with van der Waals surface area (Å²) >= 11 is 0. The minimum Gasteiger partial charge on any atom is -0.462 e. The quantitative estimate of drug-likeness (QED) is 0.386. The van der Waals surface area contributed by atoms with Crippen LogP contribution in [0.4, 0.5) is 0 Å². The van der Waals surface area contributed by atoms with E-state index in [1.807, 2.05) is 36.4 Å². The van der Waals surface area contributed by atoms with Crippen LogP contribution in [0.5, 0.6) is 0 Å². The highest BCUT2D eigenvalue weighted by atomic mass is 35.5. The van der Waals surface area contributed by atoms with Gasteiger partial charge in [0.1, 0.15) is 6.61 Å². The van der Waals surface area contributed by atoms with Crippen molar-refractivity contribution in [2.45, 2.75) is 33.3 Å². The van der Waals surface area contributed by atoms with Crippen molar-refractivity contribution in [3.05, 3.63) is 59.7 Å². The lowest BCUT2D eigenvalue weighted by Gasteiger charge is -2.31. The summed E-state index contributed by atoms with van der Waals surface area (Å²) in [5.41, 5.74) is 2.62. The zero-order valence-corrected chi connectivity index (χ0v) is 21.8. The average Bonchev–Trinajstić information content (AvgIpc) is 3.10. The predicted molar refractivity (Wildman–Crippen MR) is 140 cm³/mol. The highest BCUT2D eigenvalue weighted by Gasteiger charge is 2.51. The molecule has 0 unspecified atom stereocenters. The molecule has 0 aliphatic heterocycles. The van der Waals surface area contributed by atoms with Gasteiger partial charge in [0.05, 0.1) is 6.61 Å². The second kappa shape index (κ2) is 13.9. The van der Waals surface area contributed by atoms with Crippen LogP contribution in [0.15, 0.2) is 48.5 Å². The number of esters is 1. The highest BCUT2D eigenvalue weighted by Crippen LogP contribution is 2.50. The minimum atomic E-state index is -1.22. The van der Waals surface area contributed by atoms with E-state index in [1.165, 1.54) is 0 Å². The van der Waals surface area contributed by atoms with Gasteiger partial charge in [-0.2, -0.15) is 0 Å². The van der Waals surface area contributed by atoms with Gasteiger partial charge in [-0.25, -0.2) is 4.79 Å². The molecule has 0 amide bonds. The van der Waals surface area contributed by atoms with Crippen molar-refractivity contribution in [3.8, 4) is 11.1 Å². The van der Waals surface area contributed by atoms with Gasteiger partial charge in [-0.15, -0.1) is 24.8 Å². The molecule has 0 N–H and O–H groups in total. The topological polar surface area (TPSA) is 42.0 Å². The molecule has 7 heteroatoms. The summed E-state index contributed by atoms with van der Waals surface area (Å²) in [6.07, 6.45) is 0. The van der Waals surface area contributed by atoms with Crippen LogP contribution in [-0.4, -0.2) is 68.3 Å². The van der Waals surface area contributed by atoms with Crippen molar-refractivity contribution in [2.75, 3.05) is 52.5 Å². The number of hydrogen-bond acceptors (Lipinski definition) is 5. The van der Waals surface area contributed by atoms with Crippen LogP contribution in [0.3, 0.4) is 0 Å². The fraction of sp³-hybridized carbons (Fsp3) is 0.500. The van der Waals surface area contributed by atoms with Gasteiger partial charge < -0.3 is 19.3 Å². The third-order valence-electron chi connectivity index (χ3n) is 6.35. The standard InChI is InChI=1S/C26H36N2O3.2ClH/c1-5-27(6-2)17-19-30-25(29)26(31-20-18-28(7-3)8-4)23-15-11-9-13-21(23)22-14-10-12-16-24(22)26;;/h9-16H,5-8,17-20H2,1-4H3;2*1H. The summed E-state index contributed by atoms with van der Waals surface area (Å²) in [7, 11) is 0. The molecule has 5 nitrogen and oxygen atoms in total. The van der Waals surface area contributed by atoms with Gasteiger partial charge in [-0.1, -0.05) is 76.2 Å². The van der Waals surface area contributed by atoms with E-state index in [0.717, 1.165) is 61.5 Å². The Morgan fingerprint density at radius 2 is 1.15 bits per heavy atom. The van der Waals surface area contributed by atoms with E-state index >= 15 is 0 Å². The van der Waals surface area contributed by atoms with Gasteiger partial charge in [-0.3, -0.25) is 0 Å². The van der Waals surface area contributed by atoms with E-state index in [4.69, 9.17) is 9.47 Å². The Hall–Kier alpha value is -1.63. The Morgan fingerprint density at radius 1 is 0.727 bits per heavy atom. The molecule has 3 rings (SSSR count). The van der Waals surface area contributed by atoms with Crippen LogP contribution in [0.1, 0.15) is 38.8 Å². The van der Waals surface area contributed by atoms with E-state index in [1.54, 1.807) is 0 Å². The van der Waals surface area contributed by atoms with E-state index < -0.39 is 5.60 Å². The van der Waals surface area contributed by atoms with Crippen LogP contribution in [0.25, 0.3) is 11.1 Å². The summed E-state index contributed by atoms with van der Waals surface area (Å²) in [5.74, 6) is -0.323. The number of fused-ring (bicyclic) bond motifs is 3. The van der Waals surface area contributed by atoms with Crippen molar-refractivity contribution in [2.24, 2.45) is 0 Å². The molecule has 0 saturated heterocycles. The second-order valence-corrected chi connectivity index (χ2v) is 7.81. The summed E-state index contributed by atoms with van der Waals surface area (Å²) in [5, 5.41) is 0. The summed E-state index contributed by atoms with van der Waals surface area (Å²) in [6, 6.07) is 16.1. The highest BCUT2D eigenvalue weighted by molar-refractivity contribution is 5.96. The van der Waals surface area contributed by atoms with Crippen LogP contribution >= 0.6 is 24.8 Å². The molecular formula is C26H38Cl2N2O3. The fourth-order valence-corrected chi connectivity index (χ4v) is 4.41. The monoisotopic (exact) mass is 496 g/mol. The molecule has 184 valence electrons. The third kappa shape index (κ3) is 6.09. The van der Waals surface area contributed by atoms with Crippen LogP contribution in [0.2, 0.25) is 0 Å². The number of halogens is 2.